The minimum atomic E-state index is -2.91. The van der Waals surface area contributed by atoms with Crippen LogP contribution in [0.3, 0.4) is 0 Å². The molecule has 0 aliphatic carbocycles. The Labute approximate surface area is 203 Å². The lowest BCUT2D eigenvalue weighted by molar-refractivity contribution is -0.131. The zero-order chi connectivity index (χ0) is 26.0. The fraction of sp³-hybridized carbons (Fsp3) is 0.292. The van der Waals surface area contributed by atoms with E-state index in [4.69, 9.17) is 0 Å². The van der Waals surface area contributed by atoms with Gasteiger partial charge in [-0.25, -0.2) is 18.2 Å². The van der Waals surface area contributed by atoms with E-state index >= 15 is 0 Å². The van der Waals surface area contributed by atoms with Crippen molar-refractivity contribution in [3.8, 4) is 6.07 Å². The van der Waals surface area contributed by atoms with Gasteiger partial charge in [-0.2, -0.15) is 5.26 Å². The number of benzene rings is 1. The van der Waals surface area contributed by atoms with Crippen LogP contribution in [0.2, 0.25) is 0 Å². The molecule has 4 rings (SSSR count). The molecule has 3 aromatic rings. The molecule has 3 heterocycles. The second kappa shape index (κ2) is 10.1. The predicted molar refractivity (Wildman–Crippen MR) is 121 cm³/mol. The molecule has 12 heteroatoms. The number of likely N-dealkylation sites (tertiary alicyclic amines) is 1. The number of nitrogens with zero attached hydrogens (tertiary/aromatic N) is 5. The third-order valence-electron chi connectivity index (χ3n) is 5.90. The second-order valence-corrected chi connectivity index (χ2v) is 8.41. The summed E-state index contributed by atoms with van der Waals surface area (Å²) in [6.07, 6.45) is -0.685. The molecule has 0 bridgehead atoms. The number of pyridine rings is 1. The average molecular weight is 498 g/mol. The summed E-state index contributed by atoms with van der Waals surface area (Å²) >= 11 is 0. The number of amides is 3. The molecule has 186 valence electrons. The van der Waals surface area contributed by atoms with Gasteiger partial charge in [-0.15, -0.1) is 0 Å². The number of aromatic nitrogens is 2. The first-order valence-corrected chi connectivity index (χ1v) is 10.9. The van der Waals surface area contributed by atoms with Gasteiger partial charge in [0.15, 0.2) is 11.5 Å². The van der Waals surface area contributed by atoms with E-state index in [9.17, 15) is 32.8 Å². The third-order valence-corrected chi connectivity index (χ3v) is 5.90. The molecule has 2 unspecified atom stereocenters. The highest BCUT2D eigenvalue weighted by atomic mass is 19.3. The number of anilines is 1. The van der Waals surface area contributed by atoms with Gasteiger partial charge in [0.1, 0.15) is 11.7 Å². The van der Waals surface area contributed by atoms with Crippen molar-refractivity contribution in [3.63, 3.8) is 0 Å². The van der Waals surface area contributed by atoms with E-state index in [1.54, 1.807) is 30.3 Å². The maximum atomic E-state index is 14.4. The van der Waals surface area contributed by atoms with Crippen LogP contribution in [0, 0.1) is 23.1 Å². The molecule has 3 amide bonds. The summed E-state index contributed by atoms with van der Waals surface area (Å²) < 4.78 is 41.2. The highest BCUT2D eigenvalue weighted by Gasteiger charge is 2.39. The molecule has 0 radical (unpaired) electrons. The molecule has 36 heavy (non-hydrogen) atoms. The molecule has 1 aliphatic rings. The monoisotopic (exact) mass is 498 g/mol. The molecule has 1 fully saturated rings. The Bertz CT molecular complexity index is 1350. The topological polar surface area (TPSA) is 111 Å². The number of carbonyl (C=O) groups is 3. The van der Waals surface area contributed by atoms with Crippen molar-refractivity contribution in [1.82, 2.24) is 19.2 Å². The number of hydrogen-bond acceptors (Lipinski definition) is 5. The van der Waals surface area contributed by atoms with Gasteiger partial charge in [-0.3, -0.25) is 14.4 Å². The number of halogens is 3. The summed E-state index contributed by atoms with van der Waals surface area (Å²) in [5, 5.41) is 12.3. The highest BCUT2D eigenvalue weighted by Crippen LogP contribution is 2.25. The summed E-state index contributed by atoms with van der Waals surface area (Å²) in [5.41, 5.74) is -0.570. The zero-order valence-corrected chi connectivity index (χ0v) is 19.1. The number of carbonyl (C=O) groups excluding carboxylic acids is 3. The van der Waals surface area contributed by atoms with Gasteiger partial charge in [0, 0.05) is 31.7 Å². The van der Waals surface area contributed by atoms with E-state index in [2.05, 4.69) is 10.3 Å². The first-order valence-electron chi connectivity index (χ1n) is 10.9. The van der Waals surface area contributed by atoms with Crippen molar-refractivity contribution in [3.05, 3.63) is 65.9 Å². The maximum Gasteiger partial charge on any atom is 0.281 e. The number of para-hydroxylation sites is 1. The van der Waals surface area contributed by atoms with Gasteiger partial charge >= 0.3 is 0 Å². The fourth-order valence-electron chi connectivity index (χ4n) is 4.07. The molecule has 0 spiro atoms. The van der Waals surface area contributed by atoms with Gasteiger partial charge in [-0.05, 0) is 24.6 Å². The molecule has 1 N–H and O–H groups in total. The van der Waals surface area contributed by atoms with E-state index in [-0.39, 0.29) is 30.1 Å². The molecule has 1 aliphatic heterocycles. The molecule has 1 saturated heterocycles. The summed E-state index contributed by atoms with van der Waals surface area (Å²) in [6.45, 7) is -0.431. The lowest BCUT2D eigenvalue weighted by Gasteiger charge is -2.24. The summed E-state index contributed by atoms with van der Waals surface area (Å²) in [5.74, 6) is -3.20. The van der Waals surface area contributed by atoms with Gasteiger partial charge in [-0.1, -0.05) is 18.2 Å². The van der Waals surface area contributed by atoms with Crippen molar-refractivity contribution in [2.75, 3.05) is 25.5 Å². The zero-order valence-electron chi connectivity index (χ0n) is 19.1. The predicted octanol–water partition coefficient (Wildman–Crippen LogP) is 2.86. The number of likely N-dealkylation sites (N-methyl/N-ethyl adjacent to an activating group) is 1. The smallest absolute Gasteiger partial charge is 0.281 e. The van der Waals surface area contributed by atoms with Gasteiger partial charge < -0.3 is 19.5 Å². The van der Waals surface area contributed by atoms with Crippen LogP contribution in [0.25, 0.3) is 5.65 Å². The molecule has 9 nitrogen and oxygen atoms in total. The van der Waals surface area contributed by atoms with Crippen molar-refractivity contribution in [2.24, 2.45) is 5.92 Å². The lowest BCUT2D eigenvalue weighted by atomic mass is 10.1. The largest absolute Gasteiger partial charge is 0.332 e. The molecular formula is C24H21F3N6O3. The number of fused-ring (bicyclic) bond motifs is 1. The lowest BCUT2D eigenvalue weighted by Crippen LogP contribution is -2.43. The minimum Gasteiger partial charge on any atom is -0.332 e. The van der Waals surface area contributed by atoms with Crippen LogP contribution in [0.15, 0.2) is 48.8 Å². The van der Waals surface area contributed by atoms with Crippen LogP contribution in [-0.2, 0) is 9.59 Å². The number of rotatable bonds is 6. The fourth-order valence-corrected chi connectivity index (χ4v) is 4.07. The molecule has 2 aromatic heterocycles. The maximum absolute atomic E-state index is 14.4. The Morgan fingerprint density at radius 2 is 1.97 bits per heavy atom. The van der Waals surface area contributed by atoms with Gasteiger partial charge in [0.2, 0.25) is 11.8 Å². The van der Waals surface area contributed by atoms with E-state index in [1.807, 2.05) is 6.07 Å². The SMILES string of the molecule is CN(CC(=O)N1CC(C(=O)Nc2ccccc2)CC1C#N)C(=O)c1cc(F)c2nc(C(F)F)cn2c1. The van der Waals surface area contributed by atoms with E-state index in [1.165, 1.54) is 11.9 Å². The van der Waals surface area contributed by atoms with Crippen LogP contribution in [0.4, 0.5) is 18.9 Å². The van der Waals surface area contributed by atoms with Crippen LogP contribution in [0.5, 0.6) is 0 Å². The standard InChI is InChI=1S/C24H21F3N6O3/c1-31(24(36)15-8-18(25)22-30-19(21(26)27)12-32(22)10-15)13-20(34)33-11-14(7-17(33)9-28)23(35)29-16-5-3-2-4-6-16/h2-6,8,10,12,14,17,21H,7,11,13H2,1H3,(H,29,35). The number of nitriles is 1. The van der Waals surface area contributed by atoms with E-state index in [0.29, 0.717) is 5.69 Å². The first-order chi connectivity index (χ1) is 17.2. The number of imidazole rings is 1. The van der Waals surface area contributed by atoms with Crippen molar-refractivity contribution in [1.29, 1.82) is 5.26 Å². The Hall–Kier alpha value is -4.40. The van der Waals surface area contributed by atoms with Crippen LogP contribution >= 0.6 is 0 Å². The Morgan fingerprint density at radius 3 is 2.64 bits per heavy atom. The van der Waals surface area contributed by atoms with Crippen LogP contribution < -0.4 is 5.32 Å². The number of alkyl halides is 2. The molecular weight excluding hydrogens is 477 g/mol. The third kappa shape index (κ3) is 5.00. The van der Waals surface area contributed by atoms with E-state index < -0.39 is 48.3 Å². The Morgan fingerprint density at radius 1 is 1.25 bits per heavy atom. The summed E-state index contributed by atoms with van der Waals surface area (Å²) in [4.78, 5) is 44.2. The van der Waals surface area contributed by atoms with Crippen molar-refractivity contribution in [2.45, 2.75) is 18.9 Å². The average Bonchev–Trinajstić information content (AvgIpc) is 3.49. The normalized spacial score (nSPS) is 17.3. The Balaban J connectivity index is 1.43. The molecule has 0 saturated carbocycles. The minimum absolute atomic E-state index is 0.00376. The first kappa shape index (κ1) is 24.7. The van der Waals surface area contributed by atoms with Crippen molar-refractivity contribution >= 4 is 29.1 Å². The quantitative estimate of drug-likeness (QED) is 0.562. The highest BCUT2D eigenvalue weighted by molar-refractivity contribution is 5.97. The summed E-state index contributed by atoms with van der Waals surface area (Å²) in [6, 6.07) is 10.8. The second-order valence-electron chi connectivity index (χ2n) is 8.41. The van der Waals surface area contributed by atoms with Crippen molar-refractivity contribution < 1.29 is 27.6 Å². The number of hydrogen-bond donors (Lipinski definition) is 1. The molecule has 2 atom stereocenters. The van der Waals surface area contributed by atoms with E-state index in [0.717, 1.165) is 27.8 Å². The van der Waals surface area contributed by atoms with Crippen LogP contribution in [0.1, 0.15) is 28.9 Å². The Kier molecular flexibility index (Phi) is 6.91. The van der Waals surface area contributed by atoms with Gasteiger partial charge in [0.05, 0.1) is 24.1 Å². The molecule has 1 aromatic carbocycles. The summed E-state index contributed by atoms with van der Waals surface area (Å²) in [7, 11) is 1.32. The number of nitrogens with one attached hydrogen (secondary N) is 1. The van der Waals surface area contributed by atoms with Gasteiger partial charge in [0.25, 0.3) is 12.3 Å². The van der Waals surface area contributed by atoms with Crippen LogP contribution in [-0.4, -0.2) is 63.1 Å².